The van der Waals surface area contributed by atoms with Gasteiger partial charge in [0.1, 0.15) is 17.5 Å². The van der Waals surface area contributed by atoms with E-state index in [-0.39, 0.29) is 5.91 Å². The van der Waals surface area contributed by atoms with E-state index in [1.54, 1.807) is 20.3 Å². The van der Waals surface area contributed by atoms with Gasteiger partial charge in [0.05, 0.1) is 26.5 Å². The Labute approximate surface area is 157 Å². The quantitative estimate of drug-likeness (QED) is 0.817. The number of carbonyl (C=O) groups excluding carboxylic acids is 1. The molecule has 0 radical (unpaired) electrons. The third-order valence-electron chi connectivity index (χ3n) is 5.39. The molecule has 6 heteroatoms. The first-order valence-electron chi connectivity index (χ1n) is 9.12. The highest BCUT2D eigenvalue weighted by molar-refractivity contribution is 7.10. The van der Waals surface area contributed by atoms with E-state index < -0.39 is 0 Å². The van der Waals surface area contributed by atoms with E-state index in [0.29, 0.717) is 29.8 Å². The fourth-order valence-corrected chi connectivity index (χ4v) is 4.94. The number of thiophene rings is 1. The Balaban J connectivity index is 1.48. The van der Waals surface area contributed by atoms with Crippen LogP contribution in [0, 0.1) is 5.92 Å². The van der Waals surface area contributed by atoms with Crippen molar-refractivity contribution < 1.29 is 19.2 Å². The van der Waals surface area contributed by atoms with E-state index in [0.717, 1.165) is 18.9 Å². The van der Waals surface area contributed by atoms with Gasteiger partial charge in [-0.25, -0.2) is 0 Å². The van der Waals surface area contributed by atoms with Gasteiger partial charge in [0.15, 0.2) is 6.54 Å². The molecule has 1 aromatic heterocycles. The number of ether oxygens (including phenoxy) is 2. The molecule has 2 aromatic rings. The first-order valence-corrected chi connectivity index (χ1v) is 10.00. The van der Waals surface area contributed by atoms with Crippen molar-refractivity contribution in [1.29, 1.82) is 0 Å². The lowest BCUT2D eigenvalue weighted by molar-refractivity contribution is -0.928. The van der Waals surface area contributed by atoms with Crippen LogP contribution in [0.1, 0.15) is 29.3 Å². The Morgan fingerprint density at radius 2 is 2.12 bits per heavy atom. The van der Waals surface area contributed by atoms with Gasteiger partial charge >= 0.3 is 0 Å². The molecule has 5 nitrogen and oxygen atoms in total. The fraction of sp³-hybridized carbons (Fsp3) is 0.450. The molecule has 4 rings (SSSR count). The maximum atomic E-state index is 12.8. The summed E-state index contributed by atoms with van der Waals surface area (Å²) in [5.41, 5.74) is 2.14. The summed E-state index contributed by atoms with van der Waals surface area (Å²) in [6, 6.07) is 8.18. The van der Waals surface area contributed by atoms with E-state index in [1.165, 1.54) is 28.2 Å². The largest absolute Gasteiger partial charge is 0.497 e. The summed E-state index contributed by atoms with van der Waals surface area (Å²) in [6.45, 7) is 1.51. The standard InChI is InChI=1S/C20H24N2O3S/c1-24-14-5-6-17(25-2)16(11-14)21-19(23)12-22-9-7-18-15(8-10-26-18)20(22)13-3-4-13/h5-6,8,10-11,13,20H,3-4,7,9,12H2,1-2H3,(H,21,23)/p+1/t20-/m0/s1. The van der Waals surface area contributed by atoms with Gasteiger partial charge in [0.2, 0.25) is 0 Å². The molecule has 1 saturated carbocycles. The lowest BCUT2D eigenvalue weighted by atomic mass is 9.96. The maximum absolute atomic E-state index is 12.8. The number of carbonyl (C=O) groups is 1. The van der Waals surface area contributed by atoms with Crippen LogP contribution in [0.15, 0.2) is 29.6 Å². The Bertz CT molecular complexity index is 800. The smallest absolute Gasteiger partial charge is 0.279 e. The predicted molar refractivity (Wildman–Crippen MR) is 102 cm³/mol. The number of amides is 1. The number of rotatable bonds is 6. The van der Waals surface area contributed by atoms with Crippen LogP contribution < -0.4 is 19.7 Å². The molecule has 1 aliphatic carbocycles. The number of quaternary nitrogens is 1. The first kappa shape index (κ1) is 17.4. The number of hydrogen-bond donors (Lipinski definition) is 2. The lowest BCUT2D eigenvalue weighted by Gasteiger charge is -2.32. The normalized spacial score (nSPS) is 21.8. The van der Waals surface area contributed by atoms with E-state index in [9.17, 15) is 4.79 Å². The molecule has 0 saturated heterocycles. The van der Waals surface area contributed by atoms with Crippen molar-refractivity contribution in [1.82, 2.24) is 0 Å². The van der Waals surface area contributed by atoms with Crippen LogP contribution in [0.4, 0.5) is 5.69 Å². The summed E-state index contributed by atoms with van der Waals surface area (Å²) < 4.78 is 10.6. The molecule has 2 atom stereocenters. The van der Waals surface area contributed by atoms with Gasteiger partial charge in [0, 0.05) is 28.8 Å². The first-order chi connectivity index (χ1) is 12.7. The lowest BCUT2D eigenvalue weighted by Crippen LogP contribution is -3.14. The molecule has 1 amide bonds. The molecule has 1 fully saturated rings. The summed E-state index contributed by atoms with van der Waals surface area (Å²) in [5, 5.41) is 5.22. The van der Waals surface area contributed by atoms with Crippen molar-refractivity contribution in [3.8, 4) is 11.5 Å². The third-order valence-corrected chi connectivity index (χ3v) is 6.39. The highest BCUT2D eigenvalue weighted by Gasteiger charge is 2.43. The van der Waals surface area contributed by atoms with Crippen molar-refractivity contribution in [2.45, 2.75) is 25.3 Å². The Morgan fingerprint density at radius 1 is 1.27 bits per heavy atom. The molecular formula is C20H25N2O3S+. The van der Waals surface area contributed by atoms with Crippen LogP contribution in [-0.4, -0.2) is 33.2 Å². The summed E-state index contributed by atoms with van der Waals surface area (Å²) in [7, 11) is 3.22. The minimum absolute atomic E-state index is 0.0240. The van der Waals surface area contributed by atoms with Crippen LogP contribution in [0.25, 0.3) is 0 Å². The topological polar surface area (TPSA) is 52.0 Å². The summed E-state index contributed by atoms with van der Waals surface area (Å²) >= 11 is 1.86. The van der Waals surface area contributed by atoms with Crippen LogP contribution in [-0.2, 0) is 11.2 Å². The highest BCUT2D eigenvalue weighted by Crippen LogP contribution is 2.42. The van der Waals surface area contributed by atoms with Gasteiger partial charge in [-0.2, -0.15) is 0 Å². The monoisotopic (exact) mass is 373 g/mol. The second-order valence-corrected chi connectivity index (χ2v) is 8.06. The number of anilines is 1. The van der Waals surface area contributed by atoms with Gasteiger partial charge in [-0.15, -0.1) is 11.3 Å². The van der Waals surface area contributed by atoms with Crippen LogP contribution in [0.5, 0.6) is 11.5 Å². The zero-order valence-corrected chi connectivity index (χ0v) is 16.0. The SMILES string of the molecule is COc1ccc(OC)c(NC(=O)C[NH+]2CCc3sccc3[C@@H]2C2CC2)c1. The number of benzene rings is 1. The number of fused-ring (bicyclic) bond motifs is 1. The van der Waals surface area contributed by atoms with E-state index in [1.807, 2.05) is 23.5 Å². The number of nitrogens with one attached hydrogen (secondary N) is 2. The maximum Gasteiger partial charge on any atom is 0.279 e. The van der Waals surface area contributed by atoms with Gasteiger partial charge in [-0.1, -0.05) is 0 Å². The van der Waals surface area contributed by atoms with E-state index >= 15 is 0 Å². The molecule has 138 valence electrons. The molecular weight excluding hydrogens is 348 g/mol. The van der Waals surface area contributed by atoms with Gasteiger partial charge < -0.3 is 19.7 Å². The van der Waals surface area contributed by atoms with Gasteiger partial charge in [-0.05, 0) is 36.4 Å². The average molecular weight is 373 g/mol. The molecule has 1 unspecified atom stereocenters. The number of hydrogen-bond acceptors (Lipinski definition) is 4. The van der Waals surface area contributed by atoms with Gasteiger partial charge in [-0.3, -0.25) is 4.79 Å². The average Bonchev–Trinajstić information content (AvgIpc) is 3.37. The minimum Gasteiger partial charge on any atom is -0.497 e. The molecule has 2 N–H and O–H groups in total. The Morgan fingerprint density at radius 3 is 2.85 bits per heavy atom. The van der Waals surface area contributed by atoms with Gasteiger partial charge in [0.25, 0.3) is 5.91 Å². The second-order valence-electron chi connectivity index (χ2n) is 7.06. The van der Waals surface area contributed by atoms with Crippen LogP contribution >= 0.6 is 11.3 Å². The predicted octanol–water partition coefficient (Wildman–Crippen LogP) is 2.30. The van der Waals surface area contributed by atoms with Crippen molar-refractivity contribution >= 4 is 22.9 Å². The minimum atomic E-state index is 0.0240. The molecule has 0 bridgehead atoms. The molecule has 1 aromatic carbocycles. The Kier molecular flexibility index (Phi) is 4.87. The van der Waals surface area contributed by atoms with Crippen molar-refractivity contribution in [3.05, 3.63) is 40.1 Å². The van der Waals surface area contributed by atoms with Crippen LogP contribution in [0.3, 0.4) is 0 Å². The second kappa shape index (κ2) is 7.29. The van der Waals surface area contributed by atoms with Crippen LogP contribution in [0.2, 0.25) is 0 Å². The zero-order chi connectivity index (χ0) is 18.1. The van der Waals surface area contributed by atoms with Crippen molar-refractivity contribution in [2.75, 3.05) is 32.6 Å². The molecule has 26 heavy (non-hydrogen) atoms. The number of methoxy groups -OCH3 is 2. The van der Waals surface area contributed by atoms with E-state index in [2.05, 4.69) is 16.8 Å². The zero-order valence-electron chi connectivity index (χ0n) is 15.2. The molecule has 1 aliphatic heterocycles. The highest BCUT2D eigenvalue weighted by atomic mass is 32.1. The van der Waals surface area contributed by atoms with E-state index in [4.69, 9.17) is 9.47 Å². The molecule has 2 aliphatic rings. The molecule has 2 heterocycles. The van der Waals surface area contributed by atoms with Crippen molar-refractivity contribution in [3.63, 3.8) is 0 Å². The Hall–Kier alpha value is -2.05. The summed E-state index contributed by atoms with van der Waals surface area (Å²) in [5.74, 6) is 2.10. The summed E-state index contributed by atoms with van der Waals surface area (Å²) in [4.78, 5) is 15.7. The van der Waals surface area contributed by atoms with Crippen molar-refractivity contribution in [2.24, 2.45) is 5.92 Å². The third kappa shape index (κ3) is 3.44. The molecule has 0 spiro atoms. The summed E-state index contributed by atoms with van der Waals surface area (Å²) in [6.07, 6.45) is 3.64. The fourth-order valence-electron chi connectivity index (χ4n) is 4.01.